The number of para-hydroxylation sites is 3. The molecule has 2 atom stereocenters. The van der Waals surface area contributed by atoms with Gasteiger partial charge in [0.15, 0.2) is 0 Å². The molecule has 10 bridgehead atoms. The molecule has 43 heavy (non-hydrogen) atoms. The van der Waals surface area contributed by atoms with Gasteiger partial charge >= 0.3 is 0 Å². The Morgan fingerprint density at radius 2 is 1.07 bits per heavy atom. The number of aromatic hydroxyl groups is 2. The summed E-state index contributed by atoms with van der Waals surface area (Å²) < 4.78 is 30.1. The number of ether oxygens (including phenoxy) is 5. The third kappa shape index (κ3) is 7.13. The van der Waals surface area contributed by atoms with Crippen LogP contribution < -0.4 is 4.74 Å². The van der Waals surface area contributed by atoms with Gasteiger partial charge < -0.3 is 33.9 Å². The molecular weight excluding hydrogens is 544 g/mol. The first-order valence-corrected chi connectivity index (χ1v) is 15.2. The van der Waals surface area contributed by atoms with Crippen molar-refractivity contribution in [2.45, 2.75) is 31.8 Å². The molecule has 0 saturated carbocycles. The molecule has 0 radical (unpaired) electrons. The third-order valence-corrected chi connectivity index (χ3v) is 8.36. The fourth-order valence-corrected chi connectivity index (χ4v) is 6.20. The fourth-order valence-electron chi connectivity index (χ4n) is 6.20. The van der Waals surface area contributed by atoms with Gasteiger partial charge in [-0.05, 0) is 51.8 Å². The maximum absolute atomic E-state index is 11.5. The third-order valence-electron chi connectivity index (χ3n) is 8.36. The van der Waals surface area contributed by atoms with Gasteiger partial charge in [0.2, 0.25) is 0 Å². The summed E-state index contributed by atoms with van der Waals surface area (Å²) >= 11 is 0. The van der Waals surface area contributed by atoms with Crippen LogP contribution in [0.2, 0.25) is 0 Å². The van der Waals surface area contributed by atoms with E-state index in [2.05, 4.69) is 18.2 Å². The molecule has 1 aliphatic heterocycles. The molecule has 0 aromatic heterocycles. The van der Waals surface area contributed by atoms with Gasteiger partial charge in [0.25, 0.3) is 0 Å². The van der Waals surface area contributed by atoms with Crippen LogP contribution in [0, 0.1) is 5.92 Å². The van der Waals surface area contributed by atoms with Crippen LogP contribution in [0.3, 0.4) is 0 Å². The van der Waals surface area contributed by atoms with E-state index < -0.39 is 0 Å². The lowest BCUT2D eigenvalue weighted by atomic mass is 9.82. The van der Waals surface area contributed by atoms with Crippen molar-refractivity contribution in [1.29, 1.82) is 0 Å². The van der Waals surface area contributed by atoms with Crippen LogP contribution in [0.15, 0.2) is 78.4 Å². The predicted molar refractivity (Wildman–Crippen MR) is 164 cm³/mol. The largest absolute Gasteiger partial charge is 0.507 e. The highest BCUT2D eigenvalue weighted by molar-refractivity contribution is 5.52. The highest BCUT2D eigenvalue weighted by Crippen LogP contribution is 2.38. The summed E-state index contributed by atoms with van der Waals surface area (Å²) in [4.78, 5) is 0. The molecule has 3 aromatic rings. The Hall–Kier alpha value is -3.62. The molecule has 0 amide bonds. The highest BCUT2D eigenvalue weighted by Gasteiger charge is 2.29. The number of hydrogen-bond donors (Lipinski definition) is 2. The minimum Gasteiger partial charge on any atom is -0.507 e. The van der Waals surface area contributed by atoms with Gasteiger partial charge in [-0.2, -0.15) is 0 Å². The lowest BCUT2D eigenvalue weighted by Crippen LogP contribution is -2.31. The predicted octanol–water partition coefficient (Wildman–Crippen LogP) is 5.32. The van der Waals surface area contributed by atoms with Gasteiger partial charge in [-0.1, -0.05) is 72.8 Å². The molecule has 0 spiro atoms. The maximum atomic E-state index is 11.5. The van der Waals surface area contributed by atoms with E-state index in [1.54, 1.807) is 0 Å². The molecule has 6 rings (SSSR count). The number of rotatable bonds is 0. The lowest BCUT2D eigenvalue weighted by Gasteiger charge is -2.31. The molecule has 0 fully saturated rings. The second kappa shape index (κ2) is 14.2. The number of fused-ring (bicyclic) bond motifs is 2. The van der Waals surface area contributed by atoms with Crippen molar-refractivity contribution in [3.63, 3.8) is 0 Å². The Morgan fingerprint density at radius 1 is 0.558 bits per heavy atom. The first-order chi connectivity index (χ1) is 21.2. The zero-order valence-electron chi connectivity index (χ0n) is 24.5. The van der Waals surface area contributed by atoms with Crippen molar-refractivity contribution >= 4 is 0 Å². The number of phenols is 2. The Bertz CT molecular complexity index is 1460. The van der Waals surface area contributed by atoms with Gasteiger partial charge in [-0.25, -0.2) is 0 Å². The Morgan fingerprint density at radius 3 is 1.72 bits per heavy atom. The normalized spacial score (nSPS) is 21.8. The second-order valence-electron chi connectivity index (χ2n) is 11.3. The summed E-state index contributed by atoms with van der Waals surface area (Å²) in [6.45, 7) is 3.56. The zero-order valence-corrected chi connectivity index (χ0v) is 24.5. The average Bonchev–Trinajstić information content (AvgIpc) is 3.00. The average molecular weight is 585 g/mol. The van der Waals surface area contributed by atoms with Crippen molar-refractivity contribution in [3.05, 3.63) is 112 Å². The molecule has 1 heterocycles. The molecule has 3 aromatic carbocycles. The van der Waals surface area contributed by atoms with Crippen molar-refractivity contribution in [2.75, 3.05) is 52.9 Å². The van der Waals surface area contributed by atoms with Crippen LogP contribution in [0.1, 0.15) is 33.4 Å². The van der Waals surface area contributed by atoms with Gasteiger partial charge in [0.05, 0.1) is 52.4 Å². The van der Waals surface area contributed by atoms with E-state index in [1.165, 1.54) is 0 Å². The molecule has 2 aliphatic carbocycles. The van der Waals surface area contributed by atoms with E-state index in [0.29, 0.717) is 90.0 Å². The summed E-state index contributed by atoms with van der Waals surface area (Å²) in [6, 6.07) is 18.1. The Kier molecular flexibility index (Phi) is 9.75. The summed E-state index contributed by atoms with van der Waals surface area (Å²) in [7, 11) is 0. The van der Waals surface area contributed by atoms with Crippen molar-refractivity contribution in [1.82, 2.24) is 0 Å². The molecule has 2 N–H and O–H groups in total. The van der Waals surface area contributed by atoms with Crippen molar-refractivity contribution in [3.8, 4) is 17.2 Å². The highest BCUT2D eigenvalue weighted by atomic mass is 16.6. The maximum Gasteiger partial charge on any atom is 0.126 e. The topological polar surface area (TPSA) is 86.6 Å². The smallest absolute Gasteiger partial charge is 0.126 e. The van der Waals surface area contributed by atoms with Crippen LogP contribution >= 0.6 is 0 Å². The number of hydrogen-bond acceptors (Lipinski definition) is 7. The second-order valence-corrected chi connectivity index (χ2v) is 11.3. The summed E-state index contributed by atoms with van der Waals surface area (Å²) in [5, 5.41) is 23.0. The first-order valence-electron chi connectivity index (χ1n) is 15.2. The van der Waals surface area contributed by atoms with Gasteiger partial charge in [0.1, 0.15) is 23.9 Å². The molecule has 0 saturated heterocycles. The monoisotopic (exact) mass is 584 g/mol. The molecule has 0 unspecified atom stereocenters. The number of phenolic OH excluding ortho intramolecular Hbond substituents is 2. The quantitative estimate of drug-likeness (QED) is 0.370. The van der Waals surface area contributed by atoms with E-state index >= 15 is 0 Å². The summed E-state index contributed by atoms with van der Waals surface area (Å²) in [6.07, 6.45) is 8.26. The summed E-state index contributed by atoms with van der Waals surface area (Å²) in [5.74, 6) is 1.38. The minimum absolute atomic E-state index is 0.00259. The van der Waals surface area contributed by atoms with E-state index in [9.17, 15) is 10.2 Å². The Balaban J connectivity index is 1.45. The van der Waals surface area contributed by atoms with E-state index in [4.69, 9.17) is 23.7 Å². The number of allylic oxidation sites excluding steroid dienone is 2. The van der Waals surface area contributed by atoms with Crippen LogP contribution in [0.4, 0.5) is 0 Å². The summed E-state index contributed by atoms with van der Waals surface area (Å²) in [5.41, 5.74) is 6.43. The molecule has 226 valence electrons. The van der Waals surface area contributed by atoms with Gasteiger partial charge in [-0.15, -0.1) is 0 Å². The fraction of sp³-hybridized carbons (Fsp3) is 0.389. The van der Waals surface area contributed by atoms with Crippen LogP contribution in [-0.2, 0) is 44.6 Å². The molecule has 3 aliphatic rings. The first kappa shape index (κ1) is 29.5. The van der Waals surface area contributed by atoms with E-state index in [1.807, 2.05) is 54.6 Å². The molecule has 7 nitrogen and oxygen atoms in total. The van der Waals surface area contributed by atoms with Gasteiger partial charge in [-0.3, -0.25) is 0 Å². The van der Waals surface area contributed by atoms with Crippen LogP contribution in [0.25, 0.3) is 0 Å². The molecule has 7 heteroatoms. The van der Waals surface area contributed by atoms with Crippen molar-refractivity contribution in [2.24, 2.45) is 5.92 Å². The van der Waals surface area contributed by atoms with Crippen molar-refractivity contribution < 1.29 is 33.9 Å². The lowest BCUT2D eigenvalue weighted by molar-refractivity contribution is -0.0210. The Labute approximate surface area is 253 Å². The van der Waals surface area contributed by atoms with Crippen LogP contribution in [0.5, 0.6) is 17.2 Å². The van der Waals surface area contributed by atoms with E-state index in [0.717, 1.165) is 44.7 Å². The molecular formula is C36H40O7. The van der Waals surface area contributed by atoms with Gasteiger partial charge in [0, 0.05) is 18.8 Å². The minimum atomic E-state index is -0.230. The SMILES string of the molecule is Oc1c2cccc1Cc1cccc3c1OCCOCCOCCOCCO[C@H]1C(=CC=C[C@H]1Cc1cccc(c1O)C3)C2. The standard InChI is InChI=1S/C36H40O7/c37-33-25-5-1-6-26(33)22-30-10-4-12-32-24-28-8-2-7-27(34(28)38)23-31-11-3-9-29(21-25)35(31)42-19-17-40-15-13-39-14-16-41-18-20-43-36(30)32/h1-12,29,35,37-38H,13-24H2/t29-,35+/m0/s1. The number of benzene rings is 3. The van der Waals surface area contributed by atoms with Crippen LogP contribution in [-0.4, -0.2) is 69.2 Å². The zero-order chi connectivity index (χ0) is 29.4. The van der Waals surface area contributed by atoms with E-state index in [-0.39, 0.29) is 12.0 Å².